The highest BCUT2D eigenvalue weighted by Crippen LogP contribution is 2.69. The van der Waals surface area contributed by atoms with E-state index in [1.54, 1.807) is 6.08 Å². The van der Waals surface area contributed by atoms with Gasteiger partial charge in [0.05, 0.1) is 11.9 Å². The van der Waals surface area contributed by atoms with Crippen LogP contribution in [-0.4, -0.2) is 44.0 Å². The van der Waals surface area contributed by atoms with Crippen LogP contribution in [0.25, 0.3) is 0 Å². The smallest absolute Gasteiger partial charge is 0.331 e. The van der Waals surface area contributed by atoms with Crippen LogP contribution in [0.2, 0.25) is 0 Å². The Balaban J connectivity index is 1.39. The fourth-order valence-electron chi connectivity index (χ4n) is 8.82. The average Bonchev–Trinajstić information content (AvgIpc) is 3.21. The normalized spacial score (nSPS) is 49.6. The fourth-order valence-corrected chi connectivity index (χ4v) is 9.64. The van der Waals surface area contributed by atoms with Gasteiger partial charge in [-0.15, -0.1) is 0 Å². The number of rotatable bonds is 3. The Bertz CT molecular complexity index is 915. The van der Waals surface area contributed by atoms with Gasteiger partial charge in [-0.25, -0.2) is 17.9 Å². The minimum absolute atomic E-state index is 0.0456. The number of ether oxygens (including phenoxy) is 1. The van der Waals surface area contributed by atoms with E-state index < -0.39 is 15.6 Å². The second kappa shape index (κ2) is 7.04. The Labute approximate surface area is 186 Å². The molecular formula is C24H37NO5S. The lowest BCUT2D eigenvalue weighted by Gasteiger charge is -2.63. The summed E-state index contributed by atoms with van der Waals surface area (Å²) in [6, 6.07) is 0.0456. The number of nitrogens with one attached hydrogen (secondary N) is 1. The van der Waals surface area contributed by atoms with Crippen LogP contribution in [-0.2, 0) is 19.6 Å². The van der Waals surface area contributed by atoms with Crippen LogP contribution < -0.4 is 4.72 Å². The van der Waals surface area contributed by atoms with Crippen molar-refractivity contribution >= 4 is 16.0 Å². The third-order valence-corrected chi connectivity index (χ3v) is 11.1. The fraction of sp³-hybridized carbons (Fsp3) is 0.875. The molecule has 0 saturated heterocycles. The van der Waals surface area contributed by atoms with Crippen molar-refractivity contribution in [1.82, 2.24) is 4.72 Å². The van der Waals surface area contributed by atoms with Crippen molar-refractivity contribution in [3.8, 4) is 0 Å². The molecule has 0 unspecified atom stereocenters. The van der Waals surface area contributed by atoms with E-state index in [2.05, 4.69) is 18.6 Å². The minimum atomic E-state index is -3.18. The van der Waals surface area contributed by atoms with Crippen molar-refractivity contribution in [2.75, 3.05) is 12.9 Å². The molecule has 0 bridgehead atoms. The largest absolute Gasteiger partial charge is 0.458 e. The summed E-state index contributed by atoms with van der Waals surface area (Å²) in [5, 5.41) is 12.2. The van der Waals surface area contributed by atoms with E-state index in [9.17, 15) is 18.3 Å². The summed E-state index contributed by atoms with van der Waals surface area (Å²) in [5.74, 6) is 1.27. The molecule has 31 heavy (non-hydrogen) atoms. The van der Waals surface area contributed by atoms with E-state index >= 15 is 0 Å². The lowest BCUT2D eigenvalue weighted by atomic mass is 9.43. The van der Waals surface area contributed by atoms with Gasteiger partial charge in [-0.05, 0) is 92.4 Å². The first-order chi connectivity index (χ1) is 14.5. The summed E-state index contributed by atoms with van der Waals surface area (Å²) < 4.78 is 31.6. The van der Waals surface area contributed by atoms with Crippen molar-refractivity contribution in [3.05, 3.63) is 11.6 Å². The molecule has 0 aromatic rings. The first kappa shape index (κ1) is 21.9. The van der Waals surface area contributed by atoms with Crippen LogP contribution in [0.1, 0.15) is 71.6 Å². The molecule has 2 N–H and O–H groups in total. The van der Waals surface area contributed by atoms with Crippen molar-refractivity contribution in [1.29, 1.82) is 0 Å². The maximum absolute atomic E-state index is 12.2. The molecule has 8 atom stereocenters. The molecule has 7 heteroatoms. The van der Waals surface area contributed by atoms with Gasteiger partial charge < -0.3 is 9.84 Å². The predicted molar refractivity (Wildman–Crippen MR) is 117 cm³/mol. The van der Waals surface area contributed by atoms with Crippen molar-refractivity contribution in [2.24, 2.45) is 34.5 Å². The van der Waals surface area contributed by atoms with Crippen LogP contribution in [0.5, 0.6) is 0 Å². The third kappa shape index (κ3) is 3.24. The van der Waals surface area contributed by atoms with Gasteiger partial charge in [0.15, 0.2) is 0 Å². The predicted octanol–water partition coefficient (Wildman–Crippen LogP) is 3.16. The van der Waals surface area contributed by atoms with Crippen molar-refractivity contribution < 1.29 is 23.1 Å². The van der Waals surface area contributed by atoms with E-state index in [4.69, 9.17) is 4.74 Å². The van der Waals surface area contributed by atoms with Crippen LogP contribution >= 0.6 is 0 Å². The molecule has 4 aliphatic carbocycles. The Morgan fingerprint density at radius 3 is 2.52 bits per heavy atom. The summed E-state index contributed by atoms with van der Waals surface area (Å²) in [7, 11) is -3.18. The summed E-state index contributed by atoms with van der Waals surface area (Å²) in [6.45, 7) is 5.05. The molecule has 174 valence electrons. The maximum atomic E-state index is 12.2. The van der Waals surface area contributed by atoms with Crippen LogP contribution in [0, 0.1) is 34.5 Å². The molecule has 1 heterocycles. The van der Waals surface area contributed by atoms with Crippen LogP contribution in [0.4, 0.5) is 0 Å². The summed E-state index contributed by atoms with van der Waals surface area (Å²) in [5.41, 5.74) is 0.350. The summed E-state index contributed by atoms with van der Waals surface area (Å²) >= 11 is 0. The van der Waals surface area contributed by atoms with Gasteiger partial charge >= 0.3 is 5.97 Å². The second-order valence-corrected chi connectivity index (χ2v) is 13.4. The number of cyclic esters (lactones) is 1. The second-order valence-electron chi connectivity index (χ2n) is 11.7. The molecule has 4 saturated carbocycles. The van der Waals surface area contributed by atoms with E-state index in [0.29, 0.717) is 18.4 Å². The quantitative estimate of drug-likeness (QED) is 0.643. The summed E-state index contributed by atoms with van der Waals surface area (Å²) in [4.78, 5) is 11.7. The highest BCUT2D eigenvalue weighted by molar-refractivity contribution is 7.88. The molecule has 0 aromatic carbocycles. The number of hydrogen-bond donors (Lipinski definition) is 2. The number of esters is 1. The lowest BCUT2D eigenvalue weighted by Crippen LogP contribution is -2.62. The molecule has 0 radical (unpaired) electrons. The molecule has 6 nitrogen and oxygen atoms in total. The first-order valence-corrected chi connectivity index (χ1v) is 13.9. The SMILES string of the molecule is C[C@]12CC[C@H](NS(C)(=O)=O)C[C@H]1CC[C@@H]1[C@@H]2CC[C@]2(C)[C@@H](C3=CC(=O)OC3)CC[C@]12O. The Hall–Kier alpha value is -0.920. The number of fused-ring (bicyclic) bond motifs is 5. The molecule has 0 spiro atoms. The zero-order chi connectivity index (χ0) is 22.2. The van der Waals surface area contributed by atoms with E-state index in [0.717, 1.165) is 63.4 Å². The Kier molecular flexibility index (Phi) is 4.97. The Morgan fingerprint density at radius 1 is 1.06 bits per heavy atom. The highest BCUT2D eigenvalue weighted by atomic mass is 32.2. The van der Waals surface area contributed by atoms with Gasteiger partial charge in [0.25, 0.3) is 0 Å². The van der Waals surface area contributed by atoms with Crippen molar-refractivity contribution in [3.63, 3.8) is 0 Å². The topological polar surface area (TPSA) is 92.7 Å². The molecule has 5 rings (SSSR count). The zero-order valence-corrected chi connectivity index (χ0v) is 19.8. The van der Waals surface area contributed by atoms with Crippen LogP contribution in [0.3, 0.4) is 0 Å². The third-order valence-electron chi connectivity index (χ3n) is 10.4. The van der Waals surface area contributed by atoms with Crippen molar-refractivity contribution in [2.45, 2.75) is 83.3 Å². The number of hydrogen-bond acceptors (Lipinski definition) is 5. The lowest BCUT2D eigenvalue weighted by molar-refractivity contribution is -0.204. The number of carbonyl (C=O) groups excluding carboxylic acids is 1. The number of sulfonamides is 1. The molecule has 5 aliphatic rings. The van der Waals surface area contributed by atoms with E-state index in [1.165, 1.54) is 6.26 Å². The van der Waals surface area contributed by atoms with E-state index in [1.807, 2.05) is 0 Å². The molecular weight excluding hydrogens is 414 g/mol. The van der Waals surface area contributed by atoms with Crippen LogP contribution in [0.15, 0.2) is 11.6 Å². The van der Waals surface area contributed by atoms with Gasteiger partial charge in [-0.1, -0.05) is 13.8 Å². The van der Waals surface area contributed by atoms with E-state index in [-0.39, 0.29) is 34.7 Å². The molecule has 1 aliphatic heterocycles. The minimum Gasteiger partial charge on any atom is -0.458 e. The molecule has 0 amide bonds. The number of carbonyl (C=O) groups is 1. The van der Waals surface area contributed by atoms with Gasteiger partial charge in [-0.2, -0.15) is 0 Å². The standard InChI is InChI=1S/C24H37NO5S/c1-22-9-6-17(25-31(3,28)29)13-16(22)4-5-20-19(22)7-10-23(2)18(8-11-24(20,23)27)15-12-21(26)30-14-15/h12,16-20,25,27H,4-11,13-14H2,1-3H3/t16-,17+,18-,19+,20-,22+,23-,24+/m1/s1. The Morgan fingerprint density at radius 2 is 1.84 bits per heavy atom. The first-order valence-electron chi connectivity index (χ1n) is 12.0. The number of aliphatic hydroxyl groups is 1. The molecule has 4 fully saturated rings. The van der Waals surface area contributed by atoms with Gasteiger partial charge in [0.1, 0.15) is 6.61 Å². The van der Waals surface area contributed by atoms with Gasteiger partial charge in [0, 0.05) is 17.5 Å². The summed E-state index contributed by atoms with van der Waals surface area (Å²) in [6.07, 6.45) is 11.6. The van der Waals surface area contributed by atoms with Gasteiger partial charge in [0.2, 0.25) is 10.0 Å². The highest BCUT2D eigenvalue weighted by Gasteiger charge is 2.67. The average molecular weight is 452 g/mol. The molecule has 0 aromatic heterocycles. The monoisotopic (exact) mass is 451 g/mol. The van der Waals surface area contributed by atoms with Gasteiger partial charge in [-0.3, -0.25) is 0 Å². The zero-order valence-electron chi connectivity index (χ0n) is 19.0. The maximum Gasteiger partial charge on any atom is 0.331 e.